The fourth-order valence-corrected chi connectivity index (χ4v) is 1.03. The van der Waals surface area contributed by atoms with Gasteiger partial charge in [0.15, 0.2) is 0 Å². The van der Waals surface area contributed by atoms with Crippen LogP contribution in [-0.2, 0) is 4.79 Å². The van der Waals surface area contributed by atoms with Gasteiger partial charge in [0.05, 0.1) is 6.07 Å². The lowest BCUT2D eigenvalue weighted by Crippen LogP contribution is -2.42. The Labute approximate surface area is 104 Å². The molecule has 0 aliphatic heterocycles. The molecule has 0 aromatic heterocycles. The third kappa shape index (κ3) is 6.80. The zero-order chi connectivity index (χ0) is 13.8. The van der Waals surface area contributed by atoms with Gasteiger partial charge in [-0.2, -0.15) is 10.5 Å². The Morgan fingerprint density at radius 3 is 2.50 bits per heavy atom. The highest BCUT2D eigenvalue weighted by Crippen LogP contribution is 1.96. The molecule has 0 saturated heterocycles. The number of rotatable bonds is 6. The standard InChI is InChI=1S/C10H13N5O3/c11-5-3-1-2-4-6-13-10(17)14-9(16)8(7-12)15-18/h18H,1-4,6H2,(H2,13,14,16,17). The molecule has 0 aromatic carbocycles. The summed E-state index contributed by atoms with van der Waals surface area (Å²) in [6, 6.07) is 2.56. The summed E-state index contributed by atoms with van der Waals surface area (Å²) in [5.41, 5.74) is -0.792. The van der Waals surface area contributed by atoms with Crippen molar-refractivity contribution in [3.05, 3.63) is 0 Å². The van der Waals surface area contributed by atoms with Crippen molar-refractivity contribution in [1.29, 1.82) is 10.5 Å². The van der Waals surface area contributed by atoms with Gasteiger partial charge in [0.1, 0.15) is 6.07 Å². The molecule has 3 amide bonds. The van der Waals surface area contributed by atoms with Crippen LogP contribution in [0.2, 0.25) is 0 Å². The average Bonchev–Trinajstić information content (AvgIpc) is 2.35. The minimum Gasteiger partial charge on any atom is -0.410 e. The van der Waals surface area contributed by atoms with E-state index in [-0.39, 0.29) is 0 Å². The summed E-state index contributed by atoms with van der Waals surface area (Å²) in [5, 5.41) is 31.5. The van der Waals surface area contributed by atoms with Gasteiger partial charge >= 0.3 is 6.03 Å². The second kappa shape index (κ2) is 9.60. The molecule has 8 nitrogen and oxygen atoms in total. The number of nitrogens with one attached hydrogen (secondary N) is 2. The van der Waals surface area contributed by atoms with Gasteiger partial charge in [0.25, 0.3) is 5.91 Å². The number of carbonyl (C=O) groups is 2. The van der Waals surface area contributed by atoms with Crippen LogP contribution in [0, 0.1) is 22.7 Å². The topological polar surface area (TPSA) is 138 Å². The summed E-state index contributed by atoms with van der Waals surface area (Å²) in [7, 11) is 0. The molecule has 0 saturated carbocycles. The third-order valence-electron chi connectivity index (χ3n) is 1.90. The molecule has 0 rings (SSSR count). The summed E-state index contributed by atoms with van der Waals surface area (Å²) in [6.45, 7) is 0.350. The number of oxime groups is 1. The predicted molar refractivity (Wildman–Crippen MR) is 60.5 cm³/mol. The van der Waals surface area contributed by atoms with E-state index in [9.17, 15) is 9.59 Å². The molecule has 0 aliphatic carbocycles. The largest absolute Gasteiger partial charge is 0.410 e. The van der Waals surface area contributed by atoms with E-state index in [1.54, 1.807) is 0 Å². The van der Waals surface area contributed by atoms with Crippen LogP contribution < -0.4 is 10.6 Å². The van der Waals surface area contributed by atoms with Crippen molar-refractivity contribution in [3.8, 4) is 12.1 Å². The van der Waals surface area contributed by atoms with Gasteiger partial charge in [-0.25, -0.2) is 4.79 Å². The van der Waals surface area contributed by atoms with E-state index >= 15 is 0 Å². The van der Waals surface area contributed by atoms with Crippen molar-refractivity contribution >= 4 is 17.6 Å². The molecule has 0 bridgehead atoms. The van der Waals surface area contributed by atoms with E-state index in [0.717, 1.165) is 12.8 Å². The van der Waals surface area contributed by atoms with Crippen LogP contribution in [0.15, 0.2) is 5.16 Å². The SMILES string of the molecule is N#CCCCCCNC(=O)NC(=O)C(C#N)=NO. The van der Waals surface area contributed by atoms with E-state index in [1.165, 1.54) is 6.07 Å². The first-order chi connectivity index (χ1) is 8.65. The van der Waals surface area contributed by atoms with E-state index in [1.807, 2.05) is 11.4 Å². The highest BCUT2D eigenvalue weighted by molar-refractivity contribution is 6.46. The number of nitriles is 2. The molecular formula is C10H13N5O3. The van der Waals surface area contributed by atoms with Crippen molar-refractivity contribution < 1.29 is 14.8 Å². The molecule has 0 spiro atoms. The summed E-state index contributed by atoms with van der Waals surface area (Å²) in [5.74, 6) is -1.07. The molecule has 0 radical (unpaired) electrons. The maximum absolute atomic E-state index is 11.1. The monoisotopic (exact) mass is 251 g/mol. The number of hydrogen-bond donors (Lipinski definition) is 3. The van der Waals surface area contributed by atoms with Crippen LogP contribution in [0.5, 0.6) is 0 Å². The zero-order valence-corrected chi connectivity index (χ0v) is 9.64. The summed E-state index contributed by atoms with van der Waals surface area (Å²) in [6.07, 6.45) is 2.71. The van der Waals surface area contributed by atoms with Crippen LogP contribution in [0.25, 0.3) is 0 Å². The smallest absolute Gasteiger partial charge is 0.321 e. The van der Waals surface area contributed by atoms with Gasteiger partial charge in [0, 0.05) is 13.0 Å². The minimum atomic E-state index is -1.07. The Hall–Kier alpha value is -2.61. The van der Waals surface area contributed by atoms with E-state index in [2.05, 4.69) is 10.5 Å². The Balaban J connectivity index is 3.77. The van der Waals surface area contributed by atoms with Gasteiger partial charge in [-0.15, -0.1) is 0 Å². The maximum atomic E-state index is 11.1. The molecule has 0 unspecified atom stereocenters. The Morgan fingerprint density at radius 2 is 1.94 bits per heavy atom. The lowest BCUT2D eigenvalue weighted by atomic mass is 10.2. The lowest BCUT2D eigenvalue weighted by Gasteiger charge is -2.04. The van der Waals surface area contributed by atoms with E-state index in [4.69, 9.17) is 15.7 Å². The highest BCUT2D eigenvalue weighted by atomic mass is 16.4. The van der Waals surface area contributed by atoms with E-state index < -0.39 is 17.6 Å². The first-order valence-corrected chi connectivity index (χ1v) is 5.24. The van der Waals surface area contributed by atoms with Crippen LogP contribution in [-0.4, -0.2) is 29.4 Å². The summed E-state index contributed by atoms with van der Waals surface area (Å²) in [4.78, 5) is 22.2. The highest BCUT2D eigenvalue weighted by Gasteiger charge is 2.14. The summed E-state index contributed by atoms with van der Waals surface area (Å²) >= 11 is 0. The Bertz CT molecular complexity index is 405. The number of nitrogens with zero attached hydrogens (tertiary/aromatic N) is 3. The third-order valence-corrected chi connectivity index (χ3v) is 1.90. The average molecular weight is 251 g/mol. The second-order valence-electron chi connectivity index (χ2n) is 3.24. The first-order valence-electron chi connectivity index (χ1n) is 5.24. The van der Waals surface area contributed by atoms with Gasteiger partial charge in [-0.3, -0.25) is 10.1 Å². The van der Waals surface area contributed by atoms with Crippen molar-refractivity contribution in [2.45, 2.75) is 25.7 Å². The van der Waals surface area contributed by atoms with Gasteiger partial charge in [-0.1, -0.05) is 11.6 Å². The molecule has 0 aliphatic rings. The van der Waals surface area contributed by atoms with Crippen molar-refractivity contribution in [2.75, 3.05) is 6.54 Å². The Kier molecular flexibility index (Phi) is 8.21. The van der Waals surface area contributed by atoms with Crippen molar-refractivity contribution in [2.24, 2.45) is 5.16 Å². The number of amides is 3. The number of imide groups is 1. The normalized spacial score (nSPS) is 10.0. The number of urea groups is 1. The molecule has 0 aromatic rings. The molecule has 0 atom stereocenters. The zero-order valence-electron chi connectivity index (χ0n) is 9.64. The Morgan fingerprint density at radius 1 is 1.22 bits per heavy atom. The molecule has 96 valence electrons. The van der Waals surface area contributed by atoms with Crippen LogP contribution in [0.3, 0.4) is 0 Å². The van der Waals surface area contributed by atoms with Gasteiger partial charge in [0.2, 0.25) is 5.71 Å². The van der Waals surface area contributed by atoms with Gasteiger partial charge < -0.3 is 10.5 Å². The summed E-state index contributed by atoms with van der Waals surface area (Å²) < 4.78 is 0. The predicted octanol–water partition coefficient (Wildman–Crippen LogP) is 0.250. The van der Waals surface area contributed by atoms with Crippen LogP contribution >= 0.6 is 0 Å². The second-order valence-corrected chi connectivity index (χ2v) is 3.24. The van der Waals surface area contributed by atoms with Crippen LogP contribution in [0.1, 0.15) is 25.7 Å². The molecule has 8 heteroatoms. The molecule has 0 heterocycles. The molecule has 0 fully saturated rings. The minimum absolute atomic E-state index is 0.350. The molecule has 3 N–H and O–H groups in total. The fourth-order valence-electron chi connectivity index (χ4n) is 1.03. The number of unbranched alkanes of at least 4 members (excludes halogenated alkanes) is 3. The lowest BCUT2D eigenvalue weighted by molar-refractivity contribution is -0.113. The molecule has 18 heavy (non-hydrogen) atoms. The van der Waals surface area contributed by atoms with Gasteiger partial charge in [-0.05, 0) is 12.8 Å². The first kappa shape index (κ1) is 15.4. The number of carbonyl (C=O) groups excluding carboxylic acids is 2. The quantitative estimate of drug-likeness (QED) is 0.269. The van der Waals surface area contributed by atoms with Crippen LogP contribution in [0.4, 0.5) is 4.79 Å². The number of hydrogen-bond acceptors (Lipinski definition) is 6. The molecular weight excluding hydrogens is 238 g/mol. The van der Waals surface area contributed by atoms with Crippen molar-refractivity contribution in [3.63, 3.8) is 0 Å². The van der Waals surface area contributed by atoms with Crippen molar-refractivity contribution in [1.82, 2.24) is 10.6 Å². The van der Waals surface area contributed by atoms with E-state index in [0.29, 0.717) is 19.4 Å². The fraction of sp³-hybridized carbons (Fsp3) is 0.500. The maximum Gasteiger partial charge on any atom is 0.321 e.